The number of nitrogens with one attached hydrogen (secondary N) is 1. The molecule has 0 aliphatic carbocycles. The fourth-order valence-electron chi connectivity index (χ4n) is 2.37. The summed E-state index contributed by atoms with van der Waals surface area (Å²) in [4.78, 5) is 22.9. The molecule has 2 heterocycles. The zero-order valence-electron chi connectivity index (χ0n) is 13.0. The summed E-state index contributed by atoms with van der Waals surface area (Å²) in [5.41, 5.74) is 2.97. The lowest BCUT2D eigenvalue weighted by Gasteiger charge is -2.06. The largest absolute Gasteiger partial charge is 0.324 e. The van der Waals surface area contributed by atoms with Gasteiger partial charge in [-0.1, -0.05) is 29.5 Å². The van der Waals surface area contributed by atoms with E-state index in [2.05, 4.69) is 10.4 Å². The van der Waals surface area contributed by atoms with Crippen molar-refractivity contribution in [3.05, 3.63) is 68.8 Å². The summed E-state index contributed by atoms with van der Waals surface area (Å²) in [7, 11) is 0. The second-order valence-electron chi connectivity index (χ2n) is 5.14. The number of hydrogen-bond donors (Lipinski definition) is 1. The Morgan fingerprint density at radius 1 is 1.21 bits per heavy atom. The number of aryl methyl sites for hydroxylation is 1. The van der Waals surface area contributed by atoms with Crippen LogP contribution in [0.25, 0.3) is 5.69 Å². The first kappa shape index (κ1) is 15.9. The molecule has 1 N–H and O–H groups in total. The van der Waals surface area contributed by atoms with E-state index in [-0.39, 0.29) is 15.8 Å². The number of para-hydroxylation sites is 1. The molecule has 0 aliphatic rings. The molecule has 3 aromatic rings. The van der Waals surface area contributed by atoms with Crippen molar-refractivity contribution >= 4 is 27.9 Å². The van der Waals surface area contributed by atoms with Gasteiger partial charge in [-0.25, -0.2) is 4.68 Å². The monoisotopic (exact) mass is 342 g/mol. The van der Waals surface area contributed by atoms with Crippen molar-refractivity contribution in [2.24, 2.45) is 0 Å². The molecule has 7 nitrogen and oxygen atoms in total. The second kappa shape index (κ2) is 6.25. The van der Waals surface area contributed by atoms with Crippen molar-refractivity contribution in [3.8, 4) is 5.69 Å². The molecule has 2 aromatic heterocycles. The maximum absolute atomic E-state index is 12.3. The number of carbonyl (C=O) groups excluding carboxylic acids is 1. The Hall–Kier alpha value is -3.00. The Balaban J connectivity index is 1.89. The van der Waals surface area contributed by atoms with Gasteiger partial charge in [-0.15, -0.1) is 0 Å². The van der Waals surface area contributed by atoms with E-state index in [0.29, 0.717) is 11.4 Å². The quantitative estimate of drug-likeness (QED) is 0.578. The molecule has 3 rings (SSSR count). The molecule has 0 fully saturated rings. The topological polar surface area (TPSA) is 90.1 Å². The maximum atomic E-state index is 12.3. The summed E-state index contributed by atoms with van der Waals surface area (Å²) in [6.45, 7) is 3.67. The number of nitrogens with zero attached hydrogens (tertiary/aromatic N) is 3. The minimum Gasteiger partial charge on any atom is -0.318 e. The van der Waals surface area contributed by atoms with E-state index in [1.54, 1.807) is 11.6 Å². The van der Waals surface area contributed by atoms with Gasteiger partial charge in [0.05, 0.1) is 32.6 Å². The fraction of sp³-hybridized carbons (Fsp3) is 0.125. The number of rotatable bonds is 4. The van der Waals surface area contributed by atoms with Gasteiger partial charge >= 0.3 is 5.00 Å². The molecule has 0 bridgehead atoms. The van der Waals surface area contributed by atoms with Crippen molar-refractivity contribution in [2.75, 3.05) is 5.32 Å². The zero-order valence-corrected chi connectivity index (χ0v) is 13.8. The number of aromatic nitrogens is 2. The van der Waals surface area contributed by atoms with Crippen molar-refractivity contribution in [3.63, 3.8) is 0 Å². The molecule has 8 heteroatoms. The first-order valence-corrected chi connectivity index (χ1v) is 7.96. The van der Waals surface area contributed by atoms with Crippen LogP contribution in [0.3, 0.4) is 0 Å². The van der Waals surface area contributed by atoms with E-state index in [4.69, 9.17) is 0 Å². The van der Waals surface area contributed by atoms with Crippen LogP contribution < -0.4 is 5.32 Å². The second-order valence-corrected chi connectivity index (χ2v) is 6.20. The highest BCUT2D eigenvalue weighted by Crippen LogP contribution is 2.27. The first-order valence-electron chi connectivity index (χ1n) is 7.14. The van der Waals surface area contributed by atoms with Crippen LogP contribution in [0.4, 0.5) is 10.7 Å². The van der Waals surface area contributed by atoms with Crippen LogP contribution in [0.5, 0.6) is 0 Å². The van der Waals surface area contributed by atoms with Gasteiger partial charge < -0.3 is 5.32 Å². The summed E-state index contributed by atoms with van der Waals surface area (Å²) in [5, 5.41) is 17.9. The summed E-state index contributed by atoms with van der Waals surface area (Å²) < 4.78 is 1.75. The Bertz CT molecular complexity index is 915. The summed E-state index contributed by atoms with van der Waals surface area (Å²) in [6, 6.07) is 12.4. The Morgan fingerprint density at radius 2 is 1.92 bits per heavy atom. The molecule has 0 aliphatic heterocycles. The molecule has 24 heavy (non-hydrogen) atoms. The smallest absolute Gasteiger partial charge is 0.318 e. The summed E-state index contributed by atoms with van der Waals surface area (Å²) in [5.74, 6) is -0.382. The van der Waals surface area contributed by atoms with Crippen LogP contribution in [0.15, 0.2) is 42.5 Å². The normalized spacial score (nSPS) is 10.6. The standard InChI is InChI=1S/C16H14N4O3S/c1-10-15(11(2)19(18-10)12-6-4-3-5-7-12)17-16(21)13-8-9-14(24-13)20(22)23/h3-9H,1-2H3,(H,17,21). The lowest BCUT2D eigenvalue weighted by molar-refractivity contribution is -0.380. The highest BCUT2D eigenvalue weighted by atomic mass is 32.1. The van der Waals surface area contributed by atoms with Crippen molar-refractivity contribution < 1.29 is 9.72 Å². The Morgan fingerprint density at radius 3 is 2.54 bits per heavy atom. The van der Waals surface area contributed by atoms with Crippen molar-refractivity contribution in [1.82, 2.24) is 9.78 Å². The van der Waals surface area contributed by atoms with Crippen LogP contribution in [0.2, 0.25) is 0 Å². The summed E-state index contributed by atoms with van der Waals surface area (Å²) in [6.07, 6.45) is 0. The SMILES string of the molecule is Cc1nn(-c2ccccc2)c(C)c1NC(=O)c1ccc([N+](=O)[O-])s1. The number of hydrogen-bond acceptors (Lipinski definition) is 5. The number of anilines is 1. The first-order chi connectivity index (χ1) is 11.5. The average molecular weight is 342 g/mol. The van der Waals surface area contributed by atoms with Crippen molar-refractivity contribution in [1.29, 1.82) is 0 Å². The molecule has 0 saturated heterocycles. The highest BCUT2D eigenvalue weighted by Gasteiger charge is 2.19. The third kappa shape index (κ3) is 2.91. The van der Waals surface area contributed by atoms with Gasteiger partial charge in [-0.05, 0) is 32.0 Å². The van der Waals surface area contributed by atoms with E-state index in [1.165, 1.54) is 12.1 Å². The van der Waals surface area contributed by atoms with Gasteiger partial charge in [0.15, 0.2) is 0 Å². The number of thiophene rings is 1. The minimum atomic E-state index is -0.509. The predicted octanol–water partition coefficient (Wildman–Crippen LogP) is 3.71. The van der Waals surface area contributed by atoms with E-state index in [1.807, 2.05) is 37.3 Å². The molecule has 0 saturated carbocycles. The Kier molecular flexibility index (Phi) is 4.13. The van der Waals surface area contributed by atoms with Gasteiger partial charge in [-0.3, -0.25) is 14.9 Å². The molecule has 0 unspecified atom stereocenters. The predicted molar refractivity (Wildman–Crippen MR) is 92.0 cm³/mol. The molecule has 0 radical (unpaired) electrons. The van der Waals surface area contributed by atoms with Gasteiger partial charge in [0, 0.05) is 6.07 Å². The molecule has 122 valence electrons. The van der Waals surface area contributed by atoms with E-state index in [9.17, 15) is 14.9 Å². The maximum Gasteiger partial charge on any atom is 0.324 e. The van der Waals surface area contributed by atoms with Gasteiger partial charge in [0.25, 0.3) is 5.91 Å². The van der Waals surface area contributed by atoms with Crippen LogP contribution in [0, 0.1) is 24.0 Å². The summed E-state index contributed by atoms with van der Waals surface area (Å²) >= 11 is 0.845. The highest BCUT2D eigenvalue weighted by molar-refractivity contribution is 7.17. The number of amides is 1. The molecule has 1 aromatic carbocycles. The fourth-order valence-corrected chi connectivity index (χ4v) is 3.08. The number of benzene rings is 1. The van der Waals surface area contributed by atoms with E-state index >= 15 is 0 Å². The Labute approximate surface area is 141 Å². The molecular formula is C16H14N4O3S. The van der Waals surface area contributed by atoms with Crippen LogP contribution in [-0.4, -0.2) is 20.6 Å². The van der Waals surface area contributed by atoms with E-state index < -0.39 is 4.92 Å². The average Bonchev–Trinajstić information content (AvgIpc) is 3.16. The third-order valence-electron chi connectivity index (χ3n) is 3.53. The van der Waals surface area contributed by atoms with E-state index in [0.717, 1.165) is 22.7 Å². The molecular weight excluding hydrogens is 328 g/mol. The lowest BCUT2D eigenvalue weighted by atomic mass is 10.3. The van der Waals surface area contributed by atoms with Gasteiger partial charge in [0.2, 0.25) is 0 Å². The minimum absolute atomic E-state index is 0.0615. The number of carbonyl (C=O) groups is 1. The van der Waals surface area contributed by atoms with Crippen molar-refractivity contribution in [2.45, 2.75) is 13.8 Å². The number of nitro groups is 1. The molecule has 0 atom stereocenters. The van der Waals surface area contributed by atoms with Gasteiger partial charge in [-0.2, -0.15) is 5.10 Å². The molecule has 1 amide bonds. The molecule has 0 spiro atoms. The lowest BCUT2D eigenvalue weighted by Crippen LogP contribution is -2.11. The van der Waals surface area contributed by atoms with Crippen LogP contribution in [0.1, 0.15) is 21.1 Å². The van der Waals surface area contributed by atoms with Crippen LogP contribution in [-0.2, 0) is 0 Å². The zero-order chi connectivity index (χ0) is 17.3. The van der Waals surface area contributed by atoms with Gasteiger partial charge in [0.1, 0.15) is 0 Å². The van der Waals surface area contributed by atoms with Crippen LogP contribution >= 0.6 is 11.3 Å². The third-order valence-corrected chi connectivity index (χ3v) is 4.56.